The minimum Gasteiger partial charge on any atom is -0.348 e. The van der Waals surface area contributed by atoms with Gasteiger partial charge < -0.3 is 9.88 Å². The zero-order valence-corrected chi connectivity index (χ0v) is 16.0. The van der Waals surface area contributed by atoms with E-state index in [9.17, 15) is 18.0 Å². The molecule has 1 fully saturated rings. The van der Waals surface area contributed by atoms with Crippen LogP contribution in [0.2, 0.25) is 0 Å². The Hall–Kier alpha value is -2.45. The molecule has 1 aliphatic heterocycles. The van der Waals surface area contributed by atoms with E-state index in [1.54, 1.807) is 37.4 Å². The van der Waals surface area contributed by atoms with Crippen LogP contribution in [0.4, 0.5) is 0 Å². The molecule has 0 radical (unpaired) electrons. The Morgan fingerprint density at radius 2 is 1.85 bits per heavy atom. The van der Waals surface area contributed by atoms with E-state index in [4.69, 9.17) is 0 Å². The van der Waals surface area contributed by atoms with Crippen LogP contribution in [0.15, 0.2) is 52.3 Å². The second-order valence-corrected chi connectivity index (χ2v) is 8.60. The summed E-state index contributed by atoms with van der Waals surface area (Å²) >= 11 is 0. The van der Waals surface area contributed by atoms with Crippen molar-refractivity contribution in [2.75, 3.05) is 13.1 Å². The maximum atomic E-state index is 12.8. The fourth-order valence-electron chi connectivity index (χ4n) is 3.04. The zero-order valence-electron chi connectivity index (χ0n) is 15.2. The maximum Gasteiger partial charge on any atom is 0.251 e. The number of rotatable bonds is 5. The summed E-state index contributed by atoms with van der Waals surface area (Å²) in [6.07, 6.45) is 4.35. The third-order valence-corrected chi connectivity index (χ3v) is 6.57. The molecule has 1 aliphatic rings. The Kier molecular flexibility index (Phi) is 5.76. The molecule has 0 aliphatic carbocycles. The minimum atomic E-state index is -3.51. The normalized spacial score (nSPS) is 15.4. The number of aryl methyl sites for hydroxylation is 1. The van der Waals surface area contributed by atoms with Gasteiger partial charge in [0.15, 0.2) is 0 Å². The van der Waals surface area contributed by atoms with E-state index in [0.717, 1.165) is 19.3 Å². The lowest BCUT2D eigenvalue weighted by atomic mass is 10.2. The largest absolute Gasteiger partial charge is 0.348 e. The van der Waals surface area contributed by atoms with Crippen molar-refractivity contribution in [3.8, 4) is 0 Å². The van der Waals surface area contributed by atoms with Crippen molar-refractivity contribution in [2.45, 2.75) is 30.7 Å². The lowest BCUT2D eigenvalue weighted by Gasteiger charge is -2.26. The molecule has 27 heavy (non-hydrogen) atoms. The standard InChI is InChI=1S/C19H23N3O4S/c1-21-11-8-16(13-18(21)23)19(24)20-14-15-6-5-7-17(12-15)27(25,26)22-9-3-2-4-10-22/h5-8,11-13H,2-4,9-10,14H2,1H3,(H,20,24). The first-order valence-electron chi connectivity index (χ1n) is 8.92. The molecule has 144 valence electrons. The van der Waals surface area contributed by atoms with Crippen molar-refractivity contribution in [1.82, 2.24) is 14.2 Å². The monoisotopic (exact) mass is 389 g/mol. The molecule has 0 atom stereocenters. The summed E-state index contributed by atoms with van der Waals surface area (Å²) < 4.78 is 28.4. The molecule has 2 heterocycles. The zero-order chi connectivity index (χ0) is 19.4. The highest BCUT2D eigenvalue weighted by Crippen LogP contribution is 2.21. The second-order valence-electron chi connectivity index (χ2n) is 6.66. The van der Waals surface area contributed by atoms with Crippen LogP contribution in [-0.2, 0) is 23.6 Å². The number of carbonyl (C=O) groups is 1. The molecule has 2 aromatic rings. The molecule has 8 heteroatoms. The molecule has 3 rings (SSSR count). The summed E-state index contributed by atoms with van der Waals surface area (Å²) in [4.78, 5) is 24.1. The van der Waals surface area contributed by atoms with Crippen LogP contribution in [0.1, 0.15) is 35.2 Å². The smallest absolute Gasteiger partial charge is 0.251 e. The molecule has 0 spiro atoms. The van der Waals surface area contributed by atoms with Gasteiger partial charge in [0.2, 0.25) is 10.0 Å². The van der Waals surface area contributed by atoms with Gasteiger partial charge in [0, 0.05) is 44.5 Å². The number of sulfonamides is 1. The first-order valence-corrected chi connectivity index (χ1v) is 10.4. The fourth-order valence-corrected chi connectivity index (χ4v) is 4.63. The first kappa shape index (κ1) is 19.3. The first-order chi connectivity index (χ1) is 12.9. The van der Waals surface area contributed by atoms with Crippen molar-refractivity contribution in [2.24, 2.45) is 7.05 Å². The molecule has 1 saturated heterocycles. The highest BCUT2D eigenvalue weighted by atomic mass is 32.2. The Morgan fingerprint density at radius 3 is 2.56 bits per heavy atom. The minimum absolute atomic E-state index is 0.178. The average molecular weight is 389 g/mol. The van der Waals surface area contributed by atoms with Crippen LogP contribution in [-0.4, -0.2) is 36.3 Å². The summed E-state index contributed by atoms with van der Waals surface area (Å²) in [5.41, 5.74) is 0.692. The Morgan fingerprint density at radius 1 is 1.11 bits per heavy atom. The van der Waals surface area contributed by atoms with E-state index in [1.807, 2.05) is 0 Å². The van der Waals surface area contributed by atoms with E-state index in [2.05, 4.69) is 5.32 Å². The summed E-state index contributed by atoms with van der Waals surface area (Å²) in [7, 11) is -1.90. The predicted octanol–water partition coefficient (Wildman–Crippen LogP) is 1.49. The van der Waals surface area contributed by atoms with Gasteiger partial charge in [-0.25, -0.2) is 8.42 Å². The number of carbonyl (C=O) groups excluding carboxylic acids is 1. The van der Waals surface area contributed by atoms with Gasteiger partial charge in [-0.2, -0.15) is 4.31 Å². The summed E-state index contributed by atoms with van der Waals surface area (Å²) in [6.45, 7) is 1.27. The number of nitrogens with one attached hydrogen (secondary N) is 1. The summed E-state index contributed by atoms with van der Waals surface area (Å²) in [6, 6.07) is 9.45. The Balaban J connectivity index is 1.71. The SMILES string of the molecule is Cn1ccc(C(=O)NCc2cccc(S(=O)(=O)N3CCCCC3)c2)cc1=O. The third-order valence-electron chi connectivity index (χ3n) is 4.67. The quantitative estimate of drug-likeness (QED) is 0.839. The van der Waals surface area contributed by atoms with Crippen LogP contribution >= 0.6 is 0 Å². The van der Waals surface area contributed by atoms with Gasteiger partial charge in [-0.3, -0.25) is 9.59 Å². The highest BCUT2D eigenvalue weighted by Gasteiger charge is 2.25. The molecule has 1 N–H and O–H groups in total. The van der Waals surface area contributed by atoms with Crippen molar-refractivity contribution < 1.29 is 13.2 Å². The van der Waals surface area contributed by atoms with Crippen molar-refractivity contribution >= 4 is 15.9 Å². The number of piperidine rings is 1. The molecular weight excluding hydrogens is 366 g/mol. The van der Waals surface area contributed by atoms with E-state index >= 15 is 0 Å². The van der Waals surface area contributed by atoms with Crippen LogP contribution in [0.5, 0.6) is 0 Å². The second kappa shape index (κ2) is 8.06. The van der Waals surface area contributed by atoms with Gasteiger partial charge in [-0.05, 0) is 36.6 Å². The highest BCUT2D eigenvalue weighted by molar-refractivity contribution is 7.89. The van der Waals surface area contributed by atoms with E-state index in [1.165, 1.54) is 21.1 Å². The number of nitrogens with zero attached hydrogens (tertiary/aromatic N) is 2. The maximum absolute atomic E-state index is 12.8. The molecule has 1 aromatic carbocycles. The fraction of sp³-hybridized carbons (Fsp3) is 0.368. The van der Waals surface area contributed by atoms with Gasteiger partial charge in [-0.1, -0.05) is 18.6 Å². The Labute approximate surface area is 158 Å². The van der Waals surface area contributed by atoms with Gasteiger partial charge in [0.25, 0.3) is 11.5 Å². The number of amides is 1. The van der Waals surface area contributed by atoms with Crippen LogP contribution in [0, 0.1) is 0 Å². The van der Waals surface area contributed by atoms with Gasteiger partial charge in [-0.15, -0.1) is 0 Å². The van der Waals surface area contributed by atoms with Crippen molar-refractivity contribution in [1.29, 1.82) is 0 Å². The number of benzene rings is 1. The molecule has 7 nitrogen and oxygen atoms in total. The summed E-state index contributed by atoms with van der Waals surface area (Å²) in [5.74, 6) is -0.378. The molecule has 0 bridgehead atoms. The van der Waals surface area contributed by atoms with Crippen LogP contribution < -0.4 is 10.9 Å². The lowest BCUT2D eigenvalue weighted by Crippen LogP contribution is -2.35. The van der Waals surface area contributed by atoms with Crippen LogP contribution in [0.25, 0.3) is 0 Å². The van der Waals surface area contributed by atoms with E-state index in [0.29, 0.717) is 18.7 Å². The molecule has 0 saturated carbocycles. The molecule has 1 aromatic heterocycles. The van der Waals surface area contributed by atoms with Gasteiger partial charge >= 0.3 is 0 Å². The molecule has 0 unspecified atom stereocenters. The lowest BCUT2D eigenvalue weighted by molar-refractivity contribution is 0.0950. The topological polar surface area (TPSA) is 88.5 Å². The summed E-state index contributed by atoms with van der Waals surface area (Å²) in [5, 5.41) is 2.72. The van der Waals surface area contributed by atoms with Crippen molar-refractivity contribution in [3.63, 3.8) is 0 Å². The number of aromatic nitrogens is 1. The number of hydrogen-bond acceptors (Lipinski definition) is 4. The van der Waals surface area contributed by atoms with Gasteiger partial charge in [0.05, 0.1) is 4.90 Å². The molecule has 1 amide bonds. The predicted molar refractivity (Wildman–Crippen MR) is 102 cm³/mol. The Bertz CT molecular complexity index is 992. The average Bonchev–Trinajstić information content (AvgIpc) is 2.69. The third kappa shape index (κ3) is 4.45. The van der Waals surface area contributed by atoms with Gasteiger partial charge in [0.1, 0.15) is 0 Å². The number of hydrogen-bond donors (Lipinski definition) is 1. The van der Waals surface area contributed by atoms with E-state index in [-0.39, 0.29) is 28.5 Å². The van der Waals surface area contributed by atoms with E-state index < -0.39 is 10.0 Å². The number of pyridine rings is 1. The van der Waals surface area contributed by atoms with Crippen LogP contribution in [0.3, 0.4) is 0 Å². The molecular formula is C19H23N3O4S. The van der Waals surface area contributed by atoms with Crippen molar-refractivity contribution in [3.05, 3.63) is 64.1 Å².